The zero-order chi connectivity index (χ0) is 23.3. The van der Waals surface area contributed by atoms with E-state index in [1.54, 1.807) is 31.2 Å². The molecule has 1 unspecified atom stereocenters. The van der Waals surface area contributed by atoms with E-state index in [9.17, 15) is 14.7 Å². The fourth-order valence-electron chi connectivity index (χ4n) is 3.77. The Bertz CT molecular complexity index is 1180. The van der Waals surface area contributed by atoms with Gasteiger partial charge in [-0.25, -0.2) is 4.79 Å². The first kappa shape index (κ1) is 21.6. The Kier molecular flexibility index (Phi) is 5.08. The van der Waals surface area contributed by atoms with Gasteiger partial charge in [0, 0.05) is 28.2 Å². The number of phenolic OH excluding ortho intramolecular Hbond substituents is 1. The summed E-state index contributed by atoms with van der Waals surface area (Å²) in [5, 5.41) is 9.88. The first-order chi connectivity index (χ1) is 15.0. The molecule has 5 rings (SSSR count). The number of ether oxygens (including phenoxy) is 2. The standard InChI is InChI=1S/C21H14O4.C6H12O/c1-12-6-8-16-18(10-12)24-19-11-13(22)7-9-17(19)21(16)15-5-3-2-4-14(15)20(23)25-21;1-5(7)6(2,3)4/h2-11,22H,1H3;1-4H3. The van der Waals surface area contributed by atoms with Crippen LogP contribution in [-0.2, 0) is 15.1 Å². The number of ketones is 1. The molecule has 1 atom stereocenters. The van der Waals surface area contributed by atoms with Crippen LogP contribution in [0.15, 0.2) is 60.7 Å². The summed E-state index contributed by atoms with van der Waals surface area (Å²) in [4.78, 5) is 23.0. The molecule has 164 valence electrons. The molecule has 3 aromatic rings. The van der Waals surface area contributed by atoms with Crippen LogP contribution in [0.3, 0.4) is 0 Å². The molecule has 3 aromatic carbocycles. The summed E-state index contributed by atoms with van der Waals surface area (Å²) < 4.78 is 12.0. The Morgan fingerprint density at radius 2 is 1.50 bits per heavy atom. The highest BCUT2D eigenvalue weighted by Gasteiger charge is 2.53. The zero-order valence-corrected chi connectivity index (χ0v) is 18.9. The van der Waals surface area contributed by atoms with Crippen LogP contribution < -0.4 is 4.74 Å². The minimum atomic E-state index is -1.06. The molecule has 1 spiro atoms. The molecule has 1 N–H and O–H groups in total. The van der Waals surface area contributed by atoms with Gasteiger partial charge >= 0.3 is 5.97 Å². The third-order valence-electron chi connectivity index (χ3n) is 5.91. The molecule has 2 aliphatic heterocycles. The molecule has 0 fully saturated rings. The van der Waals surface area contributed by atoms with Crippen molar-refractivity contribution >= 4 is 11.8 Å². The number of benzene rings is 3. The van der Waals surface area contributed by atoms with Crippen molar-refractivity contribution in [2.45, 2.75) is 40.2 Å². The van der Waals surface area contributed by atoms with Gasteiger partial charge in [0.05, 0.1) is 5.56 Å². The van der Waals surface area contributed by atoms with Crippen LogP contribution in [-0.4, -0.2) is 16.9 Å². The number of aromatic hydroxyl groups is 1. The van der Waals surface area contributed by atoms with Crippen LogP contribution in [0.2, 0.25) is 0 Å². The molecule has 5 heteroatoms. The van der Waals surface area contributed by atoms with Gasteiger partial charge in [0.2, 0.25) is 0 Å². The average Bonchev–Trinajstić information content (AvgIpc) is 3.01. The van der Waals surface area contributed by atoms with E-state index in [1.807, 2.05) is 64.1 Å². The Hall–Kier alpha value is -3.60. The van der Waals surface area contributed by atoms with Crippen molar-refractivity contribution in [3.63, 3.8) is 0 Å². The number of carbonyl (C=O) groups is 2. The Morgan fingerprint density at radius 1 is 0.906 bits per heavy atom. The molecule has 5 nitrogen and oxygen atoms in total. The number of fused-ring (bicyclic) bond motifs is 6. The molecular formula is C27H26O5. The lowest BCUT2D eigenvalue weighted by atomic mass is 9.77. The van der Waals surface area contributed by atoms with E-state index in [2.05, 4.69) is 0 Å². The molecule has 2 aliphatic rings. The summed E-state index contributed by atoms with van der Waals surface area (Å²) in [5.74, 6) is 1.10. The summed E-state index contributed by atoms with van der Waals surface area (Å²) in [6, 6.07) is 18.1. The number of rotatable bonds is 0. The quantitative estimate of drug-likeness (QED) is 0.450. The molecule has 32 heavy (non-hydrogen) atoms. The van der Waals surface area contributed by atoms with Crippen molar-refractivity contribution in [2.24, 2.45) is 5.41 Å². The van der Waals surface area contributed by atoms with Crippen LogP contribution >= 0.6 is 0 Å². The molecule has 0 saturated heterocycles. The van der Waals surface area contributed by atoms with Gasteiger partial charge in [0.1, 0.15) is 23.0 Å². The van der Waals surface area contributed by atoms with Crippen LogP contribution in [0.4, 0.5) is 0 Å². The molecule has 0 bridgehead atoms. The normalized spacial score (nSPS) is 17.8. The van der Waals surface area contributed by atoms with E-state index >= 15 is 0 Å². The number of phenols is 1. The largest absolute Gasteiger partial charge is 0.508 e. The van der Waals surface area contributed by atoms with E-state index < -0.39 is 5.60 Å². The minimum absolute atomic E-state index is 0.0996. The fourth-order valence-corrected chi connectivity index (χ4v) is 3.77. The molecule has 0 radical (unpaired) electrons. The summed E-state index contributed by atoms with van der Waals surface area (Å²) in [7, 11) is 0. The highest BCUT2D eigenvalue weighted by molar-refractivity contribution is 5.97. The predicted molar refractivity (Wildman–Crippen MR) is 121 cm³/mol. The average molecular weight is 431 g/mol. The summed E-state index contributed by atoms with van der Waals surface area (Å²) in [6.45, 7) is 9.32. The van der Waals surface area contributed by atoms with Crippen molar-refractivity contribution in [1.29, 1.82) is 0 Å². The lowest BCUT2D eigenvalue weighted by Crippen LogP contribution is -2.33. The molecule has 2 heterocycles. The zero-order valence-electron chi connectivity index (χ0n) is 18.9. The van der Waals surface area contributed by atoms with Gasteiger partial charge in [-0.05, 0) is 43.7 Å². The monoisotopic (exact) mass is 430 g/mol. The maximum atomic E-state index is 12.6. The predicted octanol–water partition coefficient (Wildman–Crippen LogP) is 5.89. The number of Topliss-reactive ketones (excluding diaryl/α,β-unsaturated/α-hetero) is 1. The van der Waals surface area contributed by atoms with E-state index in [4.69, 9.17) is 9.47 Å². The van der Waals surface area contributed by atoms with E-state index in [0.29, 0.717) is 22.6 Å². The second-order valence-electron chi connectivity index (χ2n) is 9.20. The number of hydrogen-bond donors (Lipinski definition) is 1. The van der Waals surface area contributed by atoms with Gasteiger partial charge in [0.25, 0.3) is 0 Å². The van der Waals surface area contributed by atoms with E-state index in [1.165, 1.54) is 0 Å². The van der Waals surface area contributed by atoms with Gasteiger partial charge in [-0.2, -0.15) is 0 Å². The van der Waals surface area contributed by atoms with Crippen molar-refractivity contribution < 1.29 is 24.2 Å². The lowest BCUT2D eigenvalue weighted by Gasteiger charge is -2.36. The molecule has 0 aromatic heterocycles. The lowest BCUT2D eigenvalue weighted by molar-refractivity contribution is -0.124. The number of carbonyl (C=O) groups excluding carboxylic acids is 2. The summed E-state index contributed by atoms with van der Waals surface area (Å²) in [6.07, 6.45) is 0. The third-order valence-corrected chi connectivity index (χ3v) is 5.91. The SMILES string of the molecule is CC(=O)C(C)(C)C.Cc1ccc2c(c1)Oc1cc(O)ccc1C21OC(=O)c2ccccc21. The number of hydrogen-bond acceptors (Lipinski definition) is 5. The maximum Gasteiger partial charge on any atom is 0.340 e. The van der Waals surface area contributed by atoms with Gasteiger partial charge in [-0.3, -0.25) is 4.79 Å². The molecule has 0 saturated carbocycles. The second-order valence-corrected chi connectivity index (χ2v) is 9.20. The van der Waals surface area contributed by atoms with E-state index in [0.717, 1.165) is 16.7 Å². The van der Waals surface area contributed by atoms with Crippen molar-refractivity contribution in [3.8, 4) is 17.2 Å². The maximum absolute atomic E-state index is 12.6. The van der Waals surface area contributed by atoms with Gasteiger partial charge < -0.3 is 14.6 Å². The molecule has 0 aliphatic carbocycles. The van der Waals surface area contributed by atoms with Crippen molar-refractivity contribution in [3.05, 3.63) is 88.5 Å². The Balaban J connectivity index is 0.000000307. The third kappa shape index (κ3) is 3.44. The summed E-state index contributed by atoms with van der Waals surface area (Å²) >= 11 is 0. The first-order valence-electron chi connectivity index (χ1n) is 10.5. The van der Waals surface area contributed by atoms with Gasteiger partial charge in [-0.15, -0.1) is 0 Å². The molecular weight excluding hydrogens is 404 g/mol. The number of esters is 1. The number of aryl methyl sites for hydroxylation is 1. The Labute approximate surface area is 187 Å². The van der Waals surface area contributed by atoms with Gasteiger partial charge in [0.15, 0.2) is 5.60 Å². The van der Waals surface area contributed by atoms with Crippen LogP contribution in [0.1, 0.15) is 60.3 Å². The first-order valence-corrected chi connectivity index (χ1v) is 10.5. The van der Waals surface area contributed by atoms with Crippen LogP contribution in [0.25, 0.3) is 0 Å². The second kappa shape index (κ2) is 7.52. The topological polar surface area (TPSA) is 72.8 Å². The van der Waals surface area contributed by atoms with Crippen LogP contribution in [0, 0.1) is 12.3 Å². The molecule has 0 amide bonds. The van der Waals surface area contributed by atoms with Crippen LogP contribution in [0.5, 0.6) is 17.2 Å². The fraction of sp³-hybridized carbons (Fsp3) is 0.259. The Morgan fingerprint density at radius 3 is 2.16 bits per heavy atom. The van der Waals surface area contributed by atoms with Crippen molar-refractivity contribution in [2.75, 3.05) is 0 Å². The smallest absolute Gasteiger partial charge is 0.340 e. The van der Waals surface area contributed by atoms with Crippen molar-refractivity contribution in [1.82, 2.24) is 0 Å². The highest BCUT2D eigenvalue weighted by atomic mass is 16.6. The minimum Gasteiger partial charge on any atom is -0.508 e. The van der Waals surface area contributed by atoms with Gasteiger partial charge in [-0.1, -0.05) is 51.1 Å². The summed E-state index contributed by atoms with van der Waals surface area (Å²) in [5.41, 5.74) is 2.68. The van der Waals surface area contributed by atoms with E-state index in [-0.39, 0.29) is 22.9 Å². The highest BCUT2D eigenvalue weighted by Crippen LogP contribution is 2.56.